The SMILES string of the molecule is O=C(O)c1ccc(SCCO)c(F)c1Br. The van der Waals surface area contributed by atoms with Crippen molar-refractivity contribution in [2.75, 3.05) is 12.4 Å². The molecule has 1 rings (SSSR count). The maximum atomic E-state index is 13.5. The zero-order valence-electron chi connectivity index (χ0n) is 7.54. The summed E-state index contributed by atoms with van der Waals surface area (Å²) >= 11 is 4.03. The van der Waals surface area contributed by atoms with Crippen LogP contribution in [0.2, 0.25) is 0 Å². The summed E-state index contributed by atoms with van der Waals surface area (Å²) in [5, 5.41) is 17.3. The first-order valence-corrected chi connectivity index (χ1v) is 5.80. The number of hydrogen-bond acceptors (Lipinski definition) is 3. The number of benzene rings is 1. The Bertz CT molecular complexity index is 384. The van der Waals surface area contributed by atoms with Crippen LogP contribution < -0.4 is 0 Å². The Kier molecular flexibility index (Phi) is 4.56. The Morgan fingerprint density at radius 1 is 1.53 bits per heavy atom. The lowest BCUT2D eigenvalue weighted by atomic mass is 10.2. The molecule has 0 radical (unpaired) electrons. The molecule has 0 spiro atoms. The van der Waals surface area contributed by atoms with Crippen molar-refractivity contribution in [3.63, 3.8) is 0 Å². The van der Waals surface area contributed by atoms with Gasteiger partial charge in [0.2, 0.25) is 0 Å². The molecule has 6 heteroatoms. The van der Waals surface area contributed by atoms with Crippen LogP contribution in [-0.4, -0.2) is 28.5 Å². The highest BCUT2D eigenvalue weighted by Crippen LogP contribution is 2.29. The third kappa shape index (κ3) is 2.93. The Balaban J connectivity index is 3.04. The Morgan fingerprint density at radius 3 is 2.73 bits per heavy atom. The summed E-state index contributed by atoms with van der Waals surface area (Å²) in [4.78, 5) is 11.0. The highest BCUT2D eigenvalue weighted by Gasteiger charge is 2.15. The van der Waals surface area contributed by atoms with Crippen LogP contribution in [0.5, 0.6) is 0 Å². The van der Waals surface area contributed by atoms with E-state index in [1.807, 2.05) is 0 Å². The number of carboxylic acid groups (broad SMARTS) is 1. The molecule has 0 aliphatic rings. The minimum Gasteiger partial charge on any atom is -0.478 e. The predicted octanol–water partition coefficient (Wildman–Crippen LogP) is 2.37. The number of carbonyl (C=O) groups is 1. The van der Waals surface area contributed by atoms with E-state index in [4.69, 9.17) is 10.2 Å². The molecular formula is C9H8BrFO3S. The van der Waals surface area contributed by atoms with E-state index in [0.29, 0.717) is 10.6 Å². The van der Waals surface area contributed by atoms with Crippen LogP contribution in [0.3, 0.4) is 0 Å². The van der Waals surface area contributed by atoms with E-state index >= 15 is 0 Å². The van der Waals surface area contributed by atoms with Gasteiger partial charge in [-0.15, -0.1) is 11.8 Å². The fraction of sp³-hybridized carbons (Fsp3) is 0.222. The average Bonchev–Trinajstić information content (AvgIpc) is 2.20. The molecule has 0 fully saturated rings. The molecule has 3 nitrogen and oxygen atoms in total. The van der Waals surface area contributed by atoms with Gasteiger partial charge in [0.1, 0.15) is 0 Å². The van der Waals surface area contributed by atoms with Crippen LogP contribution in [0.4, 0.5) is 4.39 Å². The first kappa shape index (κ1) is 12.5. The maximum absolute atomic E-state index is 13.5. The molecule has 2 N–H and O–H groups in total. The van der Waals surface area contributed by atoms with E-state index in [1.54, 1.807) is 0 Å². The summed E-state index contributed by atoms with van der Waals surface area (Å²) in [5.74, 6) is -1.41. The lowest BCUT2D eigenvalue weighted by Gasteiger charge is -2.05. The van der Waals surface area contributed by atoms with E-state index in [2.05, 4.69) is 15.9 Å². The molecule has 1 aromatic carbocycles. The topological polar surface area (TPSA) is 57.5 Å². The minimum atomic E-state index is -1.18. The van der Waals surface area contributed by atoms with E-state index in [1.165, 1.54) is 12.1 Å². The van der Waals surface area contributed by atoms with Crippen molar-refractivity contribution in [2.24, 2.45) is 0 Å². The van der Waals surface area contributed by atoms with Crippen molar-refractivity contribution in [1.29, 1.82) is 0 Å². The number of aromatic carboxylic acids is 1. The van der Waals surface area contributed by atoms with E-state index < -0.39 is 11.8 Å². The number of thioether (sulfide) groups is 1. The molecule has 0 amide bonds. The molecule has 0 bridgehead atoms. The second-order valence-electron chi connectivity index (χ2n) is 2.62. The van der Waals surface area contributed by atoms with Gasteiger partial charge in [-0.25, -0.2) is 9.18 Å². The van der Waals surface area contributed by atoms with Gasteiger partial charge in [-0.05, 0) is 28.1 Å². The third-order valence-corrected chi connectivity index (χ3v) is 3.41. The molecule has 0 heterocycles. The molecule has 0 unspecified atom stereocenters. The third-order valence-electron chi connectivity index (χ3n) is 1.63. The van der Waals surface area contributed by atoms with Crippen LogP contribution in [-0.2, 0) is 0 Å². The number of halogens is 2. The van der Waals surface area contributed by atoms with Gasteiger partial charge in [0.15, 0.2) is 5.82 Å². The zero-order valence-corrected chi connectivity index (χ0v) is 9.94. The van der Waals surface area contributed by atoms with Gasteiger partial charge in [0.25, 0.3) is 0 Å². The molecular weight excluding hydrogens is 287 g/mol. The number of aliphatic hydroxyl groups excluding tert-OH is 1. The molecule has 0 aliphatic carbocycles. The molecule has 15 heavy (non-hydrogen) atoms. The molecule has 0 saturated carbocycles. The van der Waals surface area contributed by atoms with Gasteiger partial charge in [-0.1, -0.05) is 0 Å². The average molecular weight is 295 g/mol. The van der Waals surface area contributed by atoms with Crippen LogP contribution >= 0.6 is 27.7 Å². The van der Waals surface area contributed by atoms with Gasteiger partial charge in [0, 0.05) is 10.6 Å². The fourth-order valence-corrected chi connectivity index (χ4v) is 2.31. The van der Waals surface area contributed by atoms with Crippen molar-refractivity contribution in [1.82, 2.24) is 0 Å². The summed E-state index contributed by atoms with van der Waals surface area (Å²) in [6.07, 6.45) is 0. The second kappa shape index (κ2) is 5.48. The Morgan fingerprint density at radius 2 is 2.20 bits per heavy atom. The van der Waals surface area contributed by atoms with Gasteiger partial charge in [-0.3, -0.25) is 0 Å². The molecule has 0 aromatic heterocycles. The summed E-state index contributed by atoms with van der Waals surface area (Å²) < 4.78 is 13.5. The lowest BCUT2D eigenvalue weighted by molar-refractivity contribution is 0.0695. The fourth-order valence-electron chi connectivity index (χ4n) is 0.964. The van der Waals surface area contributed by atoms with E-state index in [0.717, 1.165) is 11.8 Å². The molecule has 0 saturated heterocycles. The standard InChI is InChI=1S/C9H8BrFO3S/c10-7-5(9(13)14)1-2-6(8(7)11)15-4-3-12/h1-2,12H,3-4H2,(H,13,14). The number of aliphatic hydroxyl groups is 1. The molecule has 1 aromatic rings. The van der Waals surface area contributed by atoms with Crippen LogP contribution in [0.15, 0.2) is 21.5 Å². The first-order chi connectivity index (χ1) is 7.07. The molecule has 82 valence electrons. The number of hydrogen-bond donors (Lipinski definition) is 2. The Hall–Kier alpha value is -0.590. The van der Waals surface area contributed by atoms with Crippen molar-refractivity contribution in [3.8, 4) is 0 Å². The summed E-state index contributed by atoms with van der Waals surface area (Å²) in [7, 11) is 0. The molecule has 0 atom stereocenters. The molecule has 0 aliphatic heterocycles. The normalized spacial score (nSPS) is 10.3. The van der Waals surface area contributed by atoms with Crippen LogP contribution in [0.25, 0.3) is 0 Å². The summed E-state index contributed by atoms with van der Waals surface area (Å²) in [6.45, 7) is -0.0532. The van der Waals surface area contributed by atoms with Gasteiger partial charge in [0.05, 0.1) is 16.6 Å². The van der Waals surface area contributed by atoms with Crippen LogP contribution in [0.1, 0.15) is 10.4 Å². The predicted molar refractivity (Wildman–Crippen MR) is 58.9 cm³/mol. The Labute approximate surface area is 98.4 Å². The highest BCUT2D eigenvalue weighted by atomic mass is 79.9. The van der Waals surface area contributed by atoms with Crippen molar-refractivity contribution < 1.29 is 19.4 Å². The largest absolute Gasteiger partial charge is 0.478 e. The monoisotopic (exact) mass is 294 g/mol. The number of carboxylic acids is 1. The van der Waals surface area contributed by atoms with Gasteiger partial charge in [-0.2, -0.15) is 0 Å². The summed E-state index contributed by atoms with van der Waals surface area (Å²) in [5.41, 5.74) is -0.110. The number of rotatable bonds is 4. The van der Waals surface area contributed by atoms with Crippen molar-refractivity contribution in [2.45, 2.75) is 4.90 Å². The highest BCUT2D eigenvalue weighted by molar-refractivity contribution is 9.10. The quantitative estimate of drug-likeness (QED) is 0.837. The maximum Gasteiger partial charge on any atom is 0.336 e. The van der Waals surface area contributed by atoms with Gasteiger partial charge >= 0.3 is 5.97 Å². The van der Waals surface area contributed by atoms with E-state index in [9.17, 15) is 9.18 Å². The first-order valence-electron chi connectivity index (χ1n) is 4.03. The zero-order chi connectivity index (χ0) is 11.4. The van der Waals surface area contributed by atoms with Crippen molar-refractivity contribution >= 4 is 33.7 Å². The smallest absolute Gasteiger partial charge is 0.336 e. The second-order valence-corrected chi connectivity index (χ2v) is 4.55. The lowest BCUT2D eigenvalue weighted by Crippen LogP contribution is -2.00. The minimum absolute atomic E-state index is 0.0532. The van der Waals surface area contributed by atoms with Gasteiger partial charge < -0.3 is 10.2 Å². The van der Waals surface area contributed by atoms with E-state index in [-0.39, 0.29) is 16.6 Å². The summed E-state index contributed by atoms with van der Waals surface area (Å²) in [6, 6.07) is 2.72. The van der Waals surface area contributed by atoms with Crippen LogP contribution in [0, 0.1) is 5.82 Å². The van der Waals surface area contributed by atoms with Crippen molar-refractivity contribution in [3.05, 3.63) is 28.0 Å².